The van der Waals surface area contributed by atoms with Crippen LogP contribution in [-0.2, 0) is 6.18 Å². The zero-order chi connectivity index (χ0) is 21.4. The first-order valence-corrected chi connectivity index (χ1v) is 9.50. The molecule has 0 bridgehead atoms. The van der Waals surface area contributed by atoms with Crippen molar-refractivity contribution in [3.8, 4) is 5.69 Å². The zero-order valence-electron chi connectivity index (χ0n) is 15.7. The number of hydrogen-bond donors (Lipinski definition) is 2. The number of carbonyl (C=O) groups excluding carboxylic acids is 1. The number of nitrogens with one attached hydrogen (secondary N) is 1. The summed E-state index contributed by atoms with van der Waals surface area (Å²) in [6, 6.07) is 4.07. The van der Waals surface area contributed by atoms with Gasteiger partial charge in [0.1, 0.15) is 0 Å². The number of alkyl halides is 3. The molecule has 29 heavy (non-hydrogen) atoms. The number of aromatic nitrogens is 1. The second-order valence-corrected chi connectivity index (χ2v) is 8.31. The quantitative estimate of drug-likeness (QED) is 0.766. The van der Waals surface area contributed by atoms with Crippen LogP contribution in [-0.4, -0.2) is 45.3 Å². The summed E-state index contributed by atoms with van der Waals surface area (Å²) in [7, 11) is 0. The van der Waals surface area contributed by atoms with E-state index in [0.29, 0.717) is 23.5 Å². The SMILES string of the molecule is Cc1cn(-c2ccc(C(F)(F)F)cc2)c(=NC(=O)N2CC[C@@](C)(NC(=O)O)C2)s1. The fraction of sp³-hybridized carbons (Fsp3) is 0.389. The highest BCUT2D eigenvalue weighted by Gasteiger charge is 2.37. The number of carbonyl (C=O) groups is 2. The number of urea groups is 1. The van der Waals surface area contributed by atoms with Crippen LogP contribution in [0.2, 0.25) is 0 Å². The van der Waals surface area contributed by atoms with Crippen LogP contribution >= 0.6 is 11.3 Å². The maximum absolute atomic E-state index is 12.8. The Balaban J connectivity index is 1.86. The third-order valence-electron chi connectivity index (χ3n) is 4.59. The van der Waals surface area contributed by atoms with Crippen LogP contribution in [0.4, 0.5) is 22.8 Å². The first-order valence-electron chi connectivity index (χ1n) is 8.68. The predicted octanol–water partition coefficient (Wildman–Crippen LogP) is 3.62. The van der Waals surface area contributed by atoms with E-state index < -0.39 is 29.4 Å². The van der Waals surface area contributed by atoms with Gasteiger partial charge in [-0.15, -0.1) is 11.3 Å². The zero-order valence-corrected chi connectivity index (χ0v) is 16.5. The summed E-state index contributed by atoms with van der Waals surface area (Å²) in [6.45, 7) is 4.06. The molecule has 1 aliphatic heterocycles. The number of carboxylic acid groups (broad SMARTS) is 1. The molecular weight excluding hydrogens is 409 g/mol. The Morgan fingerprint density at radius 3 is 2.52 bits per heavy atom. The Morgan fingerprint density at radius 2 is 1.93 bits per heavy atom. The van der Waals surface area contributed by atoms with Gasteiger partial charge in [-0.3, -0.25) is 4.57 Å². The minimum Gasteiger partial charge on any atom is -0.465 e. The molecule has 0 unspecified atom stereocenters. The molecule has 0 radical (unpaired) electrons. The summed E-state index contributed by atoms with van der Waals surface area (Å²) in [4.78, 5) is 30.2. The van der Waals surface area contributed by atoms with E-state index in [4.69, 9.17) is 5.11 Å². The van der Waals surface area contributed by atoms with Crippen LogP contribution in [0.5, 0.6) is 0 Å². The predicted molar refractivity (Wildman–Crippen MR) is 100 cm³/mol. The highest BCUT2D eigenvalue weighted by atomic mass is 32.1. The maximum atomic E-state index is 12.8. The van der Waals surface area contributed by atoms with E-state index in [1.54, 1.807) is 24.6 Å². The van der Waals surface area contributed by atoms with Crippen molar-refractivity contribution in [2.24, 2.45) is 4.99 Å². The van der Waals surface area contributed by atoms with E-state index in [1.807, 2.05) is 0 Å². The van der Waals surface area contributed by atoms with Crippen LogP contribution < -0.4 is 10.1 Å². The Bertz CT molecular complexity index is 997. The normalized spacial score (nSPS) is 20.2. The van der Waals surface area contributed by atoms with Crippen molar-refractivity contribution in [2.45, 2.75) is 32.0 Å². The standard InChI is InChI=1S/C18H19F3N4O3S/c1-11-9-25(13-5-3-12(4-6-13)18(19,20)21)15(29-11)22-14(26)24-8-7-17(2,10-24)23-16(27)28/h3-6,9,23H,7-8,10H2,1-2H3,(H,27,28)/t17-/m1/s1. The Hall–Kier alpha value is -2.82. The lowest BCUT2D eigenvalue weighted by atomic mass is 10.0. The first kappa shape index (κ1) is 20.9. The van der Waals surface area contributed by atoms with Gasteiger partial charge in [0, 0.05) is 29.9 Å². The molecule has 7 nitrogen and oxygen atoms in total. The molecule has 0 aliphatic carbocycles. The fourth-order valence-corrected chi connectivity index (χ4v) is 3.99. The van der Waals surface area contributed by atoms with E-state index in [-0.39, 0.29) is 6.54 Å². The van der Waals surface area contributed by atoms with Crippen LogP contribution in [0.3, 0.4) is 0 Å². The van der Waals surface area contributed by atoms with Crippen LogP contribution in [0.25, 0.3) is 5.69 Å². The molecule has 1 aromatic heterocycles. The minimum atomic E-state index is -4.43. The molecule has 3 amide bonds. The summed E-state index contributed by atoms with van der Waals surface area (Å²) in [5.41, 5.74) is -1.05. The first-order chi connectivity index (χ1) is 13.5. The third kappa shape index (κ3) is 4.78. The molecule has 156 valence electrons. The van der Waals surface area contributed by atoms with Gasteiger partial charge in [0.15, 0.2) is 4.80 Å². The van der Waals surface area contributed by atoms with Crippen molar-refractivity contribution in [2.75, 3.05) is 13.1 Å². The lowest BCUT2D eigenvalue weighted by Crippen LogP contribution is -2.47. The molecule has 2 heterocycles. The molecule has 2 N–H and O–H groups in total. The molecule has 1 fully saturated rings. The monoisotopic (exact) mass is 428 g/mol. The summed E-state index contributed by atoms with van der Waals surface area (Å²) in [5.74, 6) is 0. The lowest BCUT2D eigenvalue weighted by molar-refractivity contribution is -0.137. The van der Waals surface area contributed by atoms with Gasteiger partial charge < -0.3 is 15.3 Å². The van der Waals surface area contributed by atoms with Crippen LogP contribution in [0.15, 0.2) is 35.5 Å². The van der Waals surface area contributed by atoms with Crippen molar-refractivity contribution in [1.29, 1.82) is 0 Å². The average Bonchev–Trinajstić information content (AvgIpc) is 3.16. The smallest absolute Gasteiger partial charge is 0.416 e. The van der Waals surface area contributed by atoms with Crippen LogP contribution in [0.1, 0.15) is 23.8 Å². The summed E-state index contributed by atoms with van der Waals surface area (Å²) >= 11 is 1.23. The van der Waals surface area contributed by atoms with Crippen molar-refractivity contribution in [3.05, 3.63) is 45.7 Å². The number of aryl methyl sites for hydroxylation is 1. The molecule has 3 rings (SSSR count). The Morgan fingerprint density at radius 1 is 1.28 bits per heavy atom. The molecule has 2 aromatic rings. The van der Waals surface area contributed by atoms with E-state index in [1.165, 1.54) is 28.4 Å². The van der Waals surface area contributed by atoms with Crippen molar-refractivity contribution in [1.82, 2.24) is 14.8 Å². The highest BCUT2D eigenvalue weighted by Crippen LogP contribution is 2.29. The Labute approximate surface area is 168 Å². The van der Waals surface area contributed by atoms with Gasteiger partial charge in [0.25, 0.3) is 0 Å². The minimum absolute atomic E-state index is 0.187. The van der Waals surface area contributed by atoms with E-state index in [2.05, 4.69) is 10.3 Å². The van der Waals surface area contributed by atoms with Gasteiger partial charge in [-0.05, 0) is 44.5 Å². The number of rotatable bonds is 2. The van der Waals surface area contributed by atoms with Gasteiger partial charge in [-0.1, -0.05) is 0 Å². The number of likely N-dealkylation sites (tertiary alicyclic amines) is 1. The molecule has 0 saturated carbocycles. The summed E-state index contributed by atoms with van der Waals surface area (Å²) in [6.07, 6.45) is -3.43. The second-order valence-electron chi connectivity index (χ2n) is 7.10. The van der Waals surface area contributed by atoms with E-state index >= 15 is 0 Å². The van der Waals surface area contributed by atoms with Gasteiger partial charge in [0.2, 0.25) is 0 Å². The molecule has 11 heteroatoms. The van der Waals surface area contributed by atoms with Crippen LogP contribution in [0, 0.1) is 6.92 Å². The molecule has 0 spiro atoms. The molecule has 1 aliphatic rings. The van der Waals surface area contributed by atoms with Crippen molar-refractivity contribution in [3.63, 3.8) is 0 Å². The summed E-state index contributed by atoms with van der Waals surface area (Å²) < 4.78 is 39.9. The molecule has 1 aromatic carbocycles. The maximum Gasteiger partial charge on any atom is 0.416 e. The van der Waals surface area contributed by atoms with Gasteiger partial charge in [-0.2, -0.15) is 18.2 Å². The number of thiazole rings is 1. The number of amides is 3. The number of nitrogens with zero attached hydrogens (tertiary/aromatic N) is 3. The molecular formula is C18H19F3N4O3S. The molecule has 1 atom stereocenters. The second kappa shape index (κ2) is 7.54. The lowest BCUT2D eigenvalue weighted by Gasteiger charge is -2.23. The van der Waals surface area contributed by atoms with Gasteiger partial charge in [-0.25, -0.2) is 9.59 Å². The number of halogens is 3. The fourth-order valence-electron chi connectivity index (χ4n) is 3.17. The average molecular weight is 428 g/mol. The highest BCUT2D eigenvalue weighted by molar-refractivity contribution is 7.09. The number of hydrogen-bond acceptors (Lipinski definition) is 3. The third-order valence-corrected chi connectivity index (χ3v) is 5.48. The van der Waals surface area contributed by atoms with E-state index in [0.717, 1.165) is 17.0 Å². The largest absolute Gasteiger partial charge is 0.465 e. The van der Waals surface area contributed by atoms with E-state index in [9.17, 15) is 22.8 Å². The Kier molecular flexibility index (Phi) is 5.44. The molecule has 1 saturated heterocycles. The topological polar surface area (TPSA) is 86.9 Å². The van der Waals surface area contributed by atoms with Crippen molar-refractivity contribution < 1.29 is 27.9 Å². The summed E-state index contributed by atoms with van der Waals surface area (Å²) in [5, 5.41) is 11.3. The van der Waals surface area contributed by atoms with Crippen molar-refractivity contribution >= 4 is 23.5 Å². The van der Waals surface area contributed by atoms with Gasteiger partial charge >= 0.3 is 18.3 Å². The van der Waals surface area contributed by atoms with Gasteiger partial charge in [0.05, 0.1) is 11.1 Å². The number of benzene rings is 1.